The summed E-state index contributed by atoms with van der Waals surface area (Å²) in [6, 6.07) is 1.77. The second-order valence-corrected chi connectivity index (χ2v) is 5.93. The molecule has 1 aromatic heterocycles. The fourth-order valence-electron chi connectivity index (χ4n) is 3.23. The third-order valence-electron chi connectivity index (χ3n) is 4.44. The van der Waals surface area contributed by atoms with E-state index in [9.17, 15) is 9.59 Å². The van der Waals surface area contributed by atoms with Gasteiger partial charge in [0.05, 0.1) is 6.04 Å². The van der Waals surface area contributed by atoms with Gasteiger partial charge < -0.3 is 15.5 Å². The van der Waals surface area contributed by atoms with Gasteiger partial charge in [0.2, 0.25) is 11.8 Å². The van der Waals surface area contributed by atoms with Crippen molar-refractivity contribution < 1.29 is 9.59 Å². The van der Waals surface area contributed by atoms with E-state index in [0.29, 0.717) is 31.2 Å². The van der Waals surface area contributed by atoms with Crippen LogP contribution in [0.25, 0.3) is 0 Å². The molecule has 2 saturated heterocycles. The second kappa shape index (κ2) is 6.48. The van der Waals surface area contributed by atoms with E-state index >= 15 is 0 Å². The van der Waals surface area contributed by atoms with Crippen LogP contribution in [0.3, 0.4) is 0 Å². The number of aromatic nitrogens is 2. The van der Waals surface area contributed by atoms with Gasteiger partial charge in [-0.05, 0) is 25.8 Å². The molecule has 2 unspecified atom stereocenters. The maximum Gasteiger partial charge on any atom is 0.248 e. The van der Waals surface area contributed by atoms with Gasteiger partial charge in [-0.2, -0.15) is 5.10 Å². The summed E-state index contributed by atoms with van der Waals surface area (Å²) in [4.78, 5) is 26.0. The van der Waals surface area contributed by atoms with Crippen LogP contribution >= 0.6 is 0 Å². The number of nitrogens with zero attached hydrogens (tertiary/aromatic N) is 3. The van der Waals surface area contributed by atoms with E-state index in [4.69, 9.17) is 0 Å². The van der Waals surface area contributed by atoms with Gasteiger partial charge in [0.15, 0.2) is 5.82 Å². The maximum absolute atomic E-state index is 12.4. The van der Waals surface area contributed by atoms with Crippen LogP contribution in [0.1, 0.15) is 38.6 Å². The standard InChI is InChI=1S/C15H23N5O2/c1-2-12(19-8-3-4-14(19)21)15(22)17-13-6-9-20(18-13)11-5-7-16-10-11/h6,9,11-12,16H,2-5,7-8,10H2,1H3,(H,17,18,22). The van der Waals surface area contributed by atoms with Gasteiger partial charge in [0, 0.05) is 31.8 Å². The molecule has 0 radical (unpaired) electrons. The van der Waals surface area contributed by atoms with E-state index < -0.39 is 6.04 Å². The van der Waals surface area contributed by atoms with Crippen LogP contribution in [-0.4, -0.2) is 52.2 Å². The van der Waals surface area contributed by atoms with Crippen molar-refractivity contribution in [3.05, 3.63) is 12.3 Å². The van der Waals surface area contributed by atoms with Gasteiger partial charge in [0.1, 0.15) is 6.04 Å². The fourth-order valence-corrected chi connectivity index (χ4v) is 3.23. The molecule has 7 heteroatoms. The van der Waals surface area contributed by atoms with E-state index in [0.717, 1.165) is 25.9 Å². The number of likely N-dealkylation sites (tertiary alicyclic amines) is 1. The Labute approximate surface area is 130 Å². The molecule has 2 amide bonds. The number of nitrogens with one attached hydrogen (secondary N) is 2. The van der Waals surface area contributed by atoms with Crippen molar-refractivity contribution in [2.24, 2.45) is 0 Å². The number of amides is 2. The first-order valence-electron chi connectivity index (χ1n) is 8.05. The van der Waals surface area contributed by atoms with Crippen LogP contribution < -0.4 is 10.6 Å². The summed E-state index contributed by atoms with van der Waals surface area (Å²) >= 11 is 0. The third-order valence-corrected chi connectivity index (χ3v) is 4.44. The average molecular weight is 305 g/mol. The Morgan fingerprint density at radius 1 is 1.59 bits per heavy atom. The van der Waals surface area contributed by atoms with E-state index in [1.165, 1.54) is 0 Å². The molecule has 7 nitrogen and oxygen atoms in total. The first kappa shape index (κ1) is 15.0. The Morgan fingerprint density at radius 3 is 3.09 bits per heavy atom. The Bertz CT molecular complexity index is 550. The maximum atomic E-state index is 12.4. The highest BCUT2D eigenvalue weighted by Gasteiger charge is 2.31. The quantitative estimate of drug-likeness (QED) is 0.841. The Morgan fingerprint density at radius 2 is 2.45 bits per heavy atom. The van der Waals surface area contributed by atoms with E-state index in [1.807, 2.05) is 23.9 Å². The predicted molar refractivity (Wildman–Crippen MR) is 82.4 cm³/mol. The number of hydrogen-bond acceptors (Lipinski definition) is 4. The SMILES string of the molecule is CCC(C(=O)Nc1ccn(C2CCNC2)n1)N1CCCC1=O. The molecule has 3 heterocycles. The normalized spacial score (nSPS) is 23.0. The lowest BCUT2D eigenvalue weighted by Crippen LogP contribution is -2.44. The molecule has 3 rings (SSSR count). The van der Waals surface area contributed by atoms with Gasteiger partial charge in [-0.15, -0.1) is 0 Å². The molecule has 0 bridgehead atoms. The number of carbonyl (C=O) groups is 2. The largest absolute Gasteiger partial charge is 0.331 e. The molecule has 2 aliphatic heterocycles. The van der Waals surface area contributed by atoms with Gasteiger partial charge in [-0.3, -0.25) is 14.3 Å². The van der Waals surface area contributed by atoms with Crippen LogP contribution in [0.5, 0.6) is 0 Å². The molecule has 0 spiro atoms. The third kappa shape index (κ3) is 2.99. The van der Waals surface area contributed by atoms with Crippen LogP contribution in [0, 0.1) is 0 Å². The monoisotopic (exact) mass is 305 g/mol. The number of hydrogen-bond donors (Lipinski definition) is 2. The summed E-state index contributed by atoms with van der Waals surface area (Å²) in [5, 5.41) is 10.6. The van der Waals surface area contributed by atoms with E-state index in [2.05, 4.69) is 15.7 Å². The molecule has 1 aromatic rings. The van der Waals surface area contributed by atoms with Crippen LogP contribution in [-0.2, 0) is 9.59 Å². The van der Waals surface area contributed by atoms with Crippen molar-refractivity contribution in [1.82, 2.24) is 20.0 Å². The lowest BCUT2D eigenvalue weighted by molar-refractivity contribution is -0.135. The minimum absolute atomic E-state index is 0.0737. The van der Waals surface area contributed by atoms with Crippen molar-refractivity contribution in [2.75, 3.05) is 25.0 Å². The van der Waals surface area contributed by atoms with Crippen molar-refractivity contribution in [2.45, 2.75) is 44.7 Å². The first-order valence-corrected chi connectivity index (χ1v) is 8.05. The summed E-state index contributed by atoms with van der Waals surface area (Å²) in [5.74, 6) is 0.485. The van der Waals surface area contributed by atoms with Gasteiger partial charge >= 0.3 is 0 Å². The molecule has 0 saturated carbocycles. The highest BCUT2D eigenvalue weighted by atomic mass is 16.2. The van der Waals surface area contributed by atoms with Crippen molar-refractivity contribution in [3.8, 4) is 0 Å². The smallest absolute Gasteiger partial charge is 0.248 e. The van der Waals surface area contributed by atoms with Crippen molar-refractivity contribution in [3.63, 3.8) is 0 Å². The Balaban J connectivity index is 1.63. The molecular weight excluding hydrogens is 282 g/mol. The van der Waals surface area contributed by atoms with Crippen molar-refractivity contribution >= 4 is 17.6 Å². The number of rotatable bonds is 5. The summed E-state index contributed by atoms with van der Waals surface area (Å²) in [5.41, 5.74) is 0. The molecule has 2 fully saturated rings. The van der Waals surface area contributed by atoms with Crippen LogP contribution in [0.15, 0.2) is 12.3 Å². The average Bonchev–Trinajstić information content (AvgIpc) is 3.21. The first-order chi connectivity index (χ1) is 10.7. The van der Waals surface area contributed by atoms with E-state index in [-0.39, 0.29) is 11.8 Å². The fraction of sp³-hybridized carbons (Fsp3) is 0.667. The molecular formula is C15H23N5O2. The second-order valence-electron chi connectivity index (χ2n) is 5.93. The summed E-state index contributed by atoms with van der Waals surface area (Å²) in [6.07, 6.45) is 4.95. The molecule has 0 aromatic carbocycles. The molecule has 120 valence electrons. The van der Waals surface area contributed by atoms with Crippen LogP contribution in [0.2, 0.25) is 0 Å². The zero-order valence-electron chi connectivity index (χ0n) is 12.9. The van der Waals surface area contributed by atoms with Gasteiger partial charge in [-0.25, -0.2) is 0 Å². The molecule has 2 N–H and O–H groups in total. The molecule has 2 atom stereocenters. The molecule has 2 aliphatic rings. The highest BCUT2D eigenvalue weighted by Crippen LogP contribution is 2.19. The summed E-state index contributed by atoms with van der Waals surface area (Å²) < 4.78 is 1.90. The minimum Gasteiger partial charge on any atom is -0.331 e. The zero-order valence-corrected chi connectivity index (χ0v) is 12.9. The Hall–Kier alpha value is -1.89. The summed E-state index contributed by atoms with van der Waals surface area (Å²) in [6.45, 7) is 4.52. The topological polar surface area (TPSA) is 79.3 Å². The number of anilines is 1. The van der Waals surface area contributed by atoms with Gasteiger partial charge in [0.25, 0.3) is 0 Å². The highest BCUT2D eigenvalue weighted by molar-refractivity contribution is 5.96. The van der Waals surface area contributed by atoms with E-state index in [1.54, 1.807) is 4.90 Å². The minimum atomic E-state index is -0.395. The van der Waals surface area contributed by atoms with Crippen molar-refractivity contribution in [1.29, 1.82) is 0 Å². The summed E-state index contributed by atoms with van der Waals surface area (Å²) in [7, 11) is 0. The lowest BCUT2D eigenvalue weighted by Gasteiger charge is -2.25. The van der Waals surface area contributed by atoms with Crippen LogP contribution in [0.4, 0.5) is 5.82 Å². The predicted octanol–water partition coefficient (Wildman–Crippen LogP) is 0.757. The molecule has 22 heavy (non-hydrogen) atoms. The Kier molecular flexibility index (Phi) is 4.42. The number of carbonyl (C=O) groups excluding carboxylic acids is 2. The molecule has 0 aliphatic carbocycles. The zero-order chi connectivity index (χ0) is 15.5. The van der Waals surface area contributed by atoms with Gasteiger partial charge in [-0.1, -0.05) is 6.92 Å². The lowest BCUT2D eigenvalue weighted by atomic mass is 10.2.